The molecule has 2 heterocycles. The van der Waals surface area contributed by atoms with E-state index in [0.29, 0.717) is 31.9 Å². The Bertz CT molecular complexity index is 1230. The number of hydrogen-bond acceptors (Lipinski definition) is 6. The number of likely N-dealkylation sites (tertiary alicyclic amines) is 1. The van der Waals surface area contributed by atoms with Gasteiger partial charge in [-0.3, -0.25) is 19.1 Å². The third-order valence-electron chi connectivity index (χ3n) is 7.11. The third-order valence-corrected chi connectivity index (χ3v) is 7.11. The van der Waals surface area contributed by atoms with Crippen molar-refractivity contribution < 1.29 is 22.6 Å². The van der Waals surface area contributed by atoms with Gasteiger partial charge in [0.2, 0.25) is 5.91 Å². The normalized spacial score (nSPS) is 20.8. The Morgan fingerprint density at radius 3 is 2.63 bits per heavy atom. The lowest BCUT2D eigenvalue weighted by Crippen LogP contribution is -2.55. The largest absolute Gasteiger partial charge is 0.361 e. The van der Waals surface area contributed by atoms with Crippen molar-refractivity contribution in [1.29, 1.82) is 0 Å². The Morgan fingerprint density at radius 1 is 1.29 bits per heavy atom. The fraction of sp³-hybridized carbons (Fsp3) is 0.556. The van der Waals surface area contributed by atoms with Crippen LogP contribution in [0.3, 0.4) is 0 Å². The molecule has 1 aliphatic heterocycles. The Labute approximate surface area is 225 Å². The first kappa shape index (κ1) is 29.8. The van der Waals surface area contributed by atoms with Gasteiger partial charge in [0.1, 0.15) is 0 Å². The molecule has 2 aromatic rings. The molecule has 3 amide bonds. The summed E-state index contributed by atoms with van der Waals surface area (Å²) in [5.41, 5.74) is 3.84. The van der Waals surface area contributed by atoms with Gasteiger partial charge in [-0.25, -0.2) is 4.79 Å². The van der Waals surface area contributed by atoms with Gasteiger partial charge < -0.3 is 15.2 Å². The van der Waals surface area contributed by atoms with E-state index in [1.165, 1.54) is 21.4 Å². The number of nitrogens with zero attached hydrogens (tertiary/aromatic N) is 3. The van der Waals surface area contributed by atoms with Gasteiger partial charge in [0.05, 0.1) is 12.2 Å². The van der Waals surface area contributed by atoms with Gasteiger partial charge in [0, 0.05) is 55.2 Å². The number of fused-ring (bicyclic) bond motifs is 2. The average Bonchev–Trinajstić information content (AvgIpc) is 3.25. The summed E-state index contributed by atoms with van der Waals surface area (Å²) in [5.74, 6) is -0.0133. The highest BCUT2D eigenvalue weighted by atomic mass is 32.2. The monoisotopic (exact) mass is 547 g/mol. The van der Waals surface area contributed by atoms with Gasteiger partial charge >= 0.3 is 6.03 Å². The van der Waals surface area contributed by atoms with Crippen molar-refractivity contribution in [1.82, 2.24) is 25.0 Å². The first-order valence-corrected chi connectivity index (χ1v) is 14.9. The number of nitrogens with one attached hydrogen (secondary N) is 2. The van der Waals surface area contributed by atoms with Crippen LogP contribution in [0, 0.1) is 5.92 Å². The van der Waals surface area contributed by atoms with E-state index in [9.17, 15) is 18.0 Å². The molecule has 3 atom stereocenters. The van der Waals surface area contributed by atoms with E-state index in [-0.39, 0.29) is 23.8 Å². The topological polar surface area (TPSA) is 126 Å². The molecule has 1 aromatic carbocycles. The van der Waals surface area contributed by atoms with Crippen LogP contribution in [0.5, 0.6) is 0 Å². The quantitative estimate of drug-likeness (QED) is 0.343. The van der Waals surface area contributed by atoms with Crippen molar-refractivity contribution in [2.24, 2.45) is 5.92 Å². The first-order chi connectivity index (χ1) is 17.9. The highest BCUT2D eigenvalue weighted by Crippen LogP contribution is 2.45. The van der Waals surface area contributed by atoms with Crippen LogP contribution in [0.2, 0.25) is 0 Å². The molecule has 11 heteroatoms. The van der Waals surface area contributed by atoms with Gasteiger partial charge in [-0.15, -0.1) is 6.58 Å². The summed E-state index contributed by atoms with van der Waals surface area (Å²) >= 11 is 0. The molecule has 38 heavy (non-hydrogen) atoms. The summed E-state index contributed by atoms with van der Waals surface area (Å²) in [6.07, 6.45) is 7.28. The molecular weight excluding hydrogens is 506 g/mol. The molecule has 1 fully saturated rings. The maximum Gasteiger partial charge on any atom is 0.324 e. The molecule has 2 aliphatic rings. The number of aromatic nitrogens is 1. The standard InChI is InChI=1S/C26H37N5O2.CH4O3S/c1-5-11-30-17-19(25(32)31(26(33)27-6-2)13-8-12-29(3)4)14-21-20-9-7-10-22-24(20)18(16-28-22)15-23(21)30;1-5(2,3)4/h5,7,9-10,16,19,21,23,28H,1,6,8,11-15,17H2,2-4H3,(H,27,33);1H3,(H,2,3,4). The first-order valence-electron chi connectivity index (χ1n) is 13.0. The second kappa shape index (κ2) is 12.9. The summed E-state index contributed by atoms with van der Waals surface area (Å²) in [4.78, 5) is 35.9. The molecule has 3 unspecified atom stereocenters. The van der Waals surface area contributed by atoms with Crippen LogP contribution < -0.4 is 5.32 Å². The minimum atomic E-state index is -3.67. The lowest BCUT2D eigenvalue weighted by Gasteiger charge is -2.47. The van der Waals surface area contributed by atoms with Crippen LogP contribution in [0.15, 0.2) is 37.1 Å². The molecule has 210 valence electrons. The Morgan fingerprint density at radius 2 is 2.00 bits per heavy atom. The number of aromatic amines is 1. The fourth-order valence-corrected chi connectivity index (χ4v) is 5.68. The molecule has 0 saturated carbocycles. The number of H-pyrrole nitrogens is 1. The van der Waals surface area contributed by atoms with Crippen LogP contribution in [0.1, 0.15) is 36.8 Å². The van der Waals surface area contributed by atoms with E-state index in [2.05, 4.69) is 51.1 Å². The molecule has 1 aromatic heterocycles. The number of hydrogen-bond donors (Lipinski definition) is 3. The van der Waals surface area contributed by atoms with Gasteiger partial charge in [-0.2, -0.15) is 8.42 Å². The van der Waals surface area contributed by atoms with Gasteiger partial charge in [-0.1, -0.05) is 18.2 Å². The lowest BCUT2D eigenvalue weighted by molar-refractivity contribution is -0.135. The Hall–Kier alpha value is -2.73. The number of piperidine rings is 1. The van der Waals surface area contributed by atoms with E-state index in [4.69, 9.17) is 4.55 Å². The number of benzene rings is 1. The van der Waals surface area contributed by atoms with E-state index >= 15 is 0 Å². The van der Waals surface area contributed by atoms with E-state index in [1.807, 2.05) is 27.1 Å². The van der Waals surface area contributed by atoms with Crippen LogP contribution in [-0.4, -0.2) is 104 Å². The van der Waals surface area contributed by atoms with Gasteiger partial charge in [0.15, 0.2) is 0 Å². The summed E-state index contributed by atoms with van der Waals surface area (Å²) in [6, 6.07) is 6.50. The SMILES string of the molecule is C=CCN1CC(C(=O)N(CCCN(C)C)C(=O)NCC)CC2c3cccc4[nH]cc(c34)CC21.CS(=O)(=O)O. The Balaban J connectivity index is 0.000000732. The zero-order valence-corrected chi connectivity index (χ0v) is 23.6. The van der Waals surface area contributed by atoms with E-state index in [0.717, 1.165) is 37.9 Å². The number of urea groups is 1. The molecule has 10 nitrogen and oxygen atoms in total. The van der Waals surface area contributed by atoms with Crippen molar-refractivity contribution in [2.45, 2.75) is 38.1 Å². The zero-order chi connectivity index (χ0) is 28.0. The third kappa shape index (κ3) is 7.43. The van der Waals surface area contributed by atoms with Gasteiger partial charge in [0.25, 0.3) is 10.1 Å². The van der Waals surface area contributed by atoms with Crippen LogP contribution in [0.4, 0.5) is 4.79 Å². The zero-order valence-electron chi connectivity index (χ0n) is 22.8. The van der Waals surface area contributed by atoms with Crippen LogP contribution in [-0.2, 0) is 21.3 Å². The number of rotatable bonds is 8. The fourth-order valence-electron chi connectivity index (χ4n) is 5.68. The molecular formula is C27H41N5O5S. The molecule has 0 radical (unpaired) electrons. The van der Waals surface area contributed by atoms with Crippen LogP contribution >= 0.6 is 0 Å². The molecule has 1 aliphatic carbocycles. The number of amides is 3. The summed E-state index contributed by atoms with van der Waals surface area (Å²) in [5, 5.41) is 4.16. The average molecular weight is 548 g/mol. The molecule has 1 saturated heterocycles. The highest BCUT2D eigenvalue weighted by molar-refractivity contribution is 7.85. The minimum Gasteiger partial charge on any atom is -0.361 e. The van der Waals surface area contributed by atoms with Crippen molar-refractivity contribution in [3.05, 3.63) is 48.2 Å². The van der Waals surface area contributed by atoms with Gasteiger partial charge in [-0.05, 0) is 64.0 Å². The maximum atomic E-state index is 13.7. The predicted octanol–water partition coefficient (Wildman–Crippen LogP) is 2.70. The van der Waals surface area contributed by atoms with Crippen molar-refractivity contribution in [2.75, 3.05) is 53.1 Å². The number of carbonyl (C=O) groups excluding carboxylic acids is 2. The highest BCUT2D eigenvalue weighted by Gasteiger charge is 2.43. The molecule has 3 N–H and O–H groups in total. The van der Waals surface area contributed by atoms with E-state index in [1.54, 1.807) is 0 Å². The number of imide groups is 1. The summed E-state index contributed by atoms with van der Waals surface area (Å²) in [6.45, 7) is 9.02. The van der Waals surface area contributed by atoms with Crippen LogP contribution in [0.25, 0.3) is 10.9 Å². The van der Waals surface area contributed by atoms with Crippen molar-refractivity contribution in [3.8, 4) is 0 Å². The van der Waals surface area contributed by atoms with E-state index < -0.39 is 10.1 Å². The Kier molecular flexibility index (Phi) is 10.1. The second-order valence-electron chi connectivity index (χ2n) is 10.4. The molecule has 0 spiro atoms. The minimum absolute atomic E-state index is 0.0562. The smallest absolute Gasteiger partial charge is 0.324 e. The lowest BCUT2D eigenvalue weighted by atomic mass is 9.72. The summed E-state index contributed by atoms with van der Waals surface area (Å²) < 4.78 is 25.9. The second-order valence-corrected chi connectivity index (χ2v) is 11.8. The summed E-state index contributed by atoms with van der Waals surface area (Å²) in [7, 11) is 0.345. The maximum absolute atomic E-state index is 13.7. The molecule has 0 bridgehead atoms. The molecule has 4 rings (SSSR count). The van der Waals surface area contributed by atoms with Crippen molar-refractivity contribution in [3.63, 3.8) is 0 Å². The predicted molar refractivity (Wildman–Crippen MR) is 150 cm³/mol. The van der Waals surface area contributed by atoms with Crippen molar-refractivity contribution >= 4 is 33.0 Å². The number of carbonyl (C=O) groups is 2.